The molecule has 0 aliphatic carbocycles. The molecule has 0 unspecified atom stereocenters. The van der Waals surface area contributed by atoms with E-state index >= 15 is 0 Å². The van der Waals surface area contributed by atoms with E-state index in [0.717, 1.165) is 12.0 Å². The lowest BCUT2D eigenvalue weighted by Crippen LogP contribution is -2.50. The zero-order valence-electron chi connectivity index (χ0n) is 17.3. The van der Waals surface area contributed by atoms with Crippen LogP contribution in [0.5, 0.6) is 0 Å². The van der Waals surface area contributed by atoms with Crippen LogP contribution < -0.4 is 4.90 Å². The topological polar surface area (TPSA) is 95.1 Å². The Balaban J connectivity index is 1.45. The van der Waals surface area contributed by atoms with Gasteiger partial charge in [0.05, 0.1) is 9.79 Å². The number of aryl methyl sites for hydroxylation is 1. The van der Waals surface area contributed by atoms with Crippen molar-refractivity contribution in [1.82, 2.24) is 8.61 Å². The highest BCUT2D eigenvalue weighted by Crippen LogP contribution is 2.26. The van der Waals surface area contributed by atoms with Crippen LogP contribution in [-0.2, 0) is 24.8 Å². The van der Waals surface area contributed by atoms with E-state index in [1.165, 1.54) is 20.7 Å². The summed E-state index contributed by atoms with van der Waals surface area (Å²) < 4.78 is 54.4. The van der Waals surface area contributed by atoms with Gasteiger partial charge in [0.1, 0.15) is 0 Å². The summed E-state index contributed by atoms with van der Waals surface area (Å²) >= 11 is 0. The lowest BCUT2D eigenvalue weighted by atomic mass is 10.2. The van der Waals surface area contributed by atoms with Crippen molar-refractivity contribution < 1.29 is 21.6 Å². The first kappa shape index (κ1) is 21.9. The normalized spacial score (nSPS) is 19.1. The summed E-state index contributed by atoms with van der Waals surface area (Å²) in [4.78, 5) is 13.9. The van der Waals surface area contributed by atoms with Crippen molar-refractivity contribution in [1.29, 1.82) is 0 Å². The highest BCUT2D eigenvalue weighted by molar-refractivity contribution is 7.89. The van der Waals surface area contributed by atoms with Gasteiger partial charge in [0, 0.05) is 44.8 Å². The van der Waals surface area contributed by atoms with Gasteiger partial charge in [0.2, 0.25) is 26.0 Å². The number of hydrogen-bond donors (Lipinski definition) is 0. The van der Waals surface area contributed by atoms with E-state index in [2.05, 4.69) is 0 Å². The molecule has 10 heteroatoms. The van der Waals surface area contributed by atoms with Gasteiger partial charge in [-0.15, -0.1) is 0 Å². The van der Waals surface area contributed by atoms with E-state index in [0.29, 0.717) is 18.7 Å². The Morgan fingerprint density at radius 1 is 0.677 bits per heavy atom. The molecule has 2 heterocycles. The number of anilines is 1. The smallest absolute Gasteiger partial charge is 0.243 e. The van der Waals surface area contributed by atoms with Gasteiger partial charge >= 0.3 is 0 Å². The molecule has 2 aliphatic heterocycles. The molecule has 0 N–H and O–H groups in total. The monoisotopic (exact) mass is 463 g/mol. The standard InChI is InChI=1S/C21H25N3O5S2/c1-17-4-8-19(9-5-17)30(26,27)22-13-15-23(16-14-22)31(28,29)20-10-6-18(7-11-20)24-12-2-3-21(24)25/h4-11H,2-3,12-16H2,1H3. The van der Waals surface area contributed by atoms with Crippen LogP contribution in [0, 0.1) is 6.92 Å². The molecular formula is C21H25N3O5S2. The maximum Gasteiger partial charge on any atom is 0.243 e. The molecule has 31 heavy (non-hydrogen) atoms. The molecule has 0 bridgehead atoms. The van der Waals surface area contributed by atoms with E-state index in [4.69, 9.17) is 0 Å². The molecule has 2 aliphatic rings. The molecule has 2 aromatic carbocycles. The molecule has 2 saturated heterocycles. The SMILES string of the molecule is Cc1ccc(S(=O)(=O)N2CCN(S(=O)(=O)c3ccc(N4CCCC4=O)cc3)CC2)cc1. The molecule has 0 radical (unpaired) electrons. The maximum atomic E-state index is 13.0. The van der Waals surface area contributed by atoms with Crippen molar-refractivity contribution in [2.45, 2.75) is 29.6 Å². The summed E-state index contributed by atoms with van der Waals surface area (Å²) in [6.45, 7) is 2.88. The average Bonchev–Trinajstić information content (AvgIpc) is 3.20. The third-order valence-electron chi connectivity index (χ3n) is 5.72. The molecule has 0 aromatic heterocycles. The first-order chi connectivity index (χ1) is 14.7. The molecular weight excluding hydrogens is 438 g/mol. The molecule has 4 rings (SSSR count). The Labute approximate surface area is 183 Å². The van der Waals surface area contributed by atoms with Gasteiger partial charge in [-0.1, -0.05) is 17.7 Å². The molecule has 0 saturated carbocycles. The van der Waals surface area contributed by atoms with Crippen LogP contribution in [0.3, 0.4) is 0 Å². The summed E-state index contributed by atoms with van der Waals surface area (Å²) in [5.41, 5.74) is 1.66. The fraction of sp³-hybridized carbons (Fsp3) is 0.381. The minimum absolute atomic E-state index is 0.0431. The first-order valence-electron chi connectivity index (χ1n) is 10.2. The second-order valence-corrected chi connectivity index (χ2v) is 11.6. The van der Waals surface area contributed by atoms with Crippen molar-refractivity contribution in [3.63, 3.8) is 0 Å². The number of benzene rings is 2. The second kappa shape index (κ2) is 8.34. The zero-order valence-corrected chi connectivity index (χ0v) is 18.9. The molecule has 2 aromatic rings. The number of hydrogen-bond acceptors (Lipinski definition) is 5. The molecule has 166 valence electrons. The van der Waals surface area contributed by atoms with Crippen LogP contribution in [0.1, 0.15) is 18.4 Å². The van der Waals surface area contributed by atoms with E-state index in [1.807, 2.05) is 6.92 Å². The minimum Gasteiger partial charge on any atom is -0.312 e. The summed E-state index contributed by atoms with van der Waals surface area (Å²) in [6, 6.07) is 12.9. The number of carbonyl (C=O) groups is 1. The van der Waals surface area contributed by atoms with E-state index in [1.54, 1.807) is 41.3 Å². The van der Waals surface area contributed by atoms with E-state index in [-0.39, 0.29) is 41.9 Å². The minimum atomic E-state index is -3.75. The van der Waals surface area contributed by atoms with Gasteiger partial charge in [-0.3, -0.25) is 4.79 Å². The number of piperazine rings is 1. The van der Waals surface area contributed by atoms with Crippen LogP contribution in [-0.4, -0.2) is 64.1 Å². The molecule has 0 atom stereocenters. The van der Waals surface area contributed by atoms with Crippen LogP contribution in [0.4, 0.5) is 5.69 Å². The second-order valence-electron chi connectivity index (χ2n) is 7.76. The average molecular weight is 464 g/mol. The van der Waals surface area contributed by atoms with Crippen LogP contribution in [0.15, 0.2) is 58.3 Å². The Kier molecular flexibility index (Phi) is 5.91. The quantitative estimate of drug-likeness (QED) is 0.674. The lowest BCUT2D eigenvalue weighted by Gasteiger charge is -2.33. The zero-order chi connectivity index (χ0) is 22.2. The summed E-state index contributed by atoms with van der Waals surface area (Å²) in [5.74, 6) is 0.0431. The molecule has 8 nitrogen and oxygen atoms in total. The fourth-order valence-corrected chi connectivity index (χ4v) is 6.72. The van der Waals surface area contributed by atoms with Crippen molar-refractivity contribution in [2.75, 3.05) is 37.6 Å². The predicted octanol–water partition coefficient (Wildman–Crippen LogP) is 1.82. The van der Waals surface area contributed by atoms with Crippen molar-refractivity contribution in [3.05, 3.63) is 54.1 Å². The highest BCUT2D eigenvalue weighted by Gasteiger charge is 2.34. The van der Waals surface area contributed by atoms with Crippen LogP contribution in [0.2, 0.25) is 0 Å². The lowest BCUT2D eigenvalue weighted by molar-refractivity contribution is -0.117. The number of carbonyl (C=O) groups excluding carboxylic acids is 1. The largest absolute Gasteiger partial charge is 0.312 e. The molecule has 1 amide bonds. The molecule has 2 fully saturated rings. The van der Waals surface area contributed by atoms with Gasteiger partial charge < -0.3 is 4.90 Å². The van der Waals surface area contributed by atoms with E-state index < -0.39 is 20.0 Å². The fourth-order valence-electron chi connectivity index (χ4n) is 3.88. The highest BCUT2D eigenvalue weighted by atomic mass is 32.2. The predicted molar refractivity (Wildman–Crippen MR) is 117 cm³/mol. The first-order valence-corrected chi connectivity index (χ1v) is 13.0. The van der Waals surface area contributed by atoms with Crippen molar-refractivity contribution in [2.24, 2.45) is 0 Å². The summed E-state index contributed by atoms with van der Waals surface area (Å²) in [7, 11) is -7.40. The van der Waals surface area contributed by atoms with Gasteiger partial charge in [-0.2, -0.15) is 8.61 Å². The van der Waals surface area contributed by atoms with Gasteiger partial charge in [-0.25, -0.2) is 16.8 Å². The van der Waals surface area contributed by atoms with Gasteiger partial charge in [0.15, 0.2) is 0 Å². The maximum absolute atomic E-state index is 13.0. The summed E-state index contributed by atoms with van der Waals surface area (Å²) in [5, 5.41) is 0. The Bertz CT molecular complexity index is 1170. The van der Waals surface area contributed by atoms with Gasteiger partial charge in [-0.05, 0) is 49.7 Å². The Hall–Kier alpha value is -2.27. The Morgan fingerprint density at radius 3 is 1.55 bits per heavy atom. The third-order valence-corrected chi connectivity index (χ3v) is 9.54. The van der Waals surface area contributed by atoms with Crippen molar-refractivity contribution in [3.8, 4) is 0 Å². The number of rotatable bonds is 5. The third kappa shape index (κ3) is 4.25. The molecule has 0 spiro atoms. The summed E-state index contributed by atoms with van der Waals surface area (Å²) in [6.07, 6.45) is 1.31. The van der Waals surface area contributed by atoms with Crippen LogP contribution >= 0.6 is 0 Å². The number of amides is 1. The Morgan fingerprint density at radius 2 is 1.13 bits per heavy atom. The van der Waals surface area contributed by atoms with Gasteiger partial charge in [0.25, 0.3) is 0 Å². The number of sulfonamides is 2. The number of nitrogens with zero attached hydrogens (tertiary/aromatic N) is 3. The van der Waals surface area contributed by atoms with Crippen LogP contribution in [0.25, 0.3) is 0 Å². The van der Waals surface area contributed by atoms with E-state index in [9.17, 15) is 21.6 Å². The van der Waals surface area contributed by atoms with Crippen molar-refractivity contribution >= 4 is 31.6 Å².